The molecular formula is C11H12O3S. The lowest BCUT2D eigenvalue weighted by molar-refractivity contribution is -0.131. The maximum Gasteiger partial charge on any atom is 0.331 e. The normalized spacial score (nSPS) is 10.4. The van der Waals surface area contributed by atoms with Gasteiger partial charge in [-0.3, -0.25) is 0 Å². The number of carboxylic acid groups (broad SMARTS) is 1. The first-order chi connectivity index (χ1) is 7.29. The van der Waals surface area contributed by atoms with Crippen LogP contribution in [0.4, 0.5) is 0 Å². The SMILES string of the molecule is O=C(O)C=COCCSc1ccccc1. The van der Waals surface area contributed by atoms with Crippen LogP contribution in [-0.4, -0.2) is 23.4 Å². The standard InChI is InChI=1S/C11H12O3S/c12-11(13)6-7-14-8-9-15-10-4-2-1-3-5-10/h1-7H,8-9H2,(H,12,13). The van der Waals surface area contributed by atoms with Gasteiger partial charge in [0, 0.05) is 10.6 Å². The van der Waals surface area contributed by atoms with Crippen molar-refractivity contribution in [3.05, 3.63) is 42.7 Å². The highest BCUT2D eigenvalue weighted by Crippen LogP contribution is 2.16. The highest BCUT2D eigenvalue weighted by atomic mass is 32.2. The van der Waals surface area contributed by atoms with Gasteiger partial charge in [-0.1, -0.05) is 18.2 Å². The van der Waals surface area contributed by atoms with Crippen molar-refractivity contribution in [2.45, 2.75) is 4.90 Å². The Morgan fingerprint density at radius 3 is 2.80 bits per heavy atom. The molecule has 0 fully saturated rings. The minimum Gasteiger partial charge on any atom is -0.500 e. The van der Waals surface area contributed by atoms with Crippen LogP contribution < -0.4 is 0 Å². The van der Waals surface area contributed by atoms with E-state index in [1.807, 2.05) is 30.3 Å². The van der Waals surface area contributed by atoms with Crippen molar-refractivity contribution in [1.29, 1.82) is 0 Å². The summed E-state index contributed by atoms with van der Waals surface area (Å²) in [5.41, 5.74) is 0. The second-order valence-corrected chi connectivity index (χ2v) is 3.84. The van der Waals surface area contributed by atoms with E-state index in [1.165, 1.54) is 11.2 Å². The predicted molar refractivity (Wildman–Crippen MR) is 59.9 cm³/mol. The maximum atomic E-state index is 10.1. The van der Waals surface area contributed by atoms with E-state index >= 15 is 0 Å². The van der Waals surface area contributed by atoms with Crippen LogP contribution in [0.5, 0.6) is 0 Å². The maximum absolute atomic E-state index is 10.1. The van der Waals surface area contributed by atoms with Crippen LogP contribution in [0, 0.1) is 0 Å². The van der Waals surface area contributed by atoms with Gasteiger partial charge in [-0.05, 0) is 12.1 Å². The number of carbonyl (C=O) groups is 1. The van der Waals surface area contributed by atoms with E-state index in [1.54, 1.807) is 11.8 Å². The van der Waals surface area contributed by atoms with Gasteiger partial charge in [-0.25, -0.2) is 4.79 Å². The van der Waals surface area contributed by atoms with Gasteiger partial charge >= 0.3 is 5.97 Å². The zero-order valence-corrected chi connectivity index (χ0v) is 8.94. The van der Waals surface area contributed by atoms with Crippen LogP contribution in [0.25, 0.3) is 0 Å². The van der Waals surface area contributed by atoms with Crippen molar-refractivity contribution in [2.75, 3.05) is 12.4 Å². The monoisotopic (exact) mass is 224 g/mol. The predicted octanol–water partition coefficient (Wildman–Crippen LogP) is 2.39. The minimum absolute atomic E-state index is 0.503. The molecular weight excluding hydrogens is 212 g/mol. The Labute approximate surface area is 92.8 Å². The number of hydrogen-bond acceptors (Lipinski definition) is 3. The van der Waals surface area contributed by atoms with Gasteiger partial charge < -0.3 is 9.84 Å². The number of hydrogen-bond donors (Lipinski definition) is 1. The highest BCUT2D eigenvalue weighted by Gasteiger charge is 1.91. The van der Waals surface area contributed by atoms with E-state index in [9.17, 15) is 4.79 Å². The zero-order valence-electron chi connectivity index (χ0n) is 8.13. The summed E-state index contributed by atoms with van der Waals surface area (Å²) in [6, 6.07) is 9.98. The Morgan fingerprint density at radius 2 is 2.13 bits per heavy atom. The summed E-state index contributed by atoms with van der Waals surface area (Å²) in [7, 11) is 0. The average molecular weight is 224 g/mol. The number of aliphatic carboxylic acids is 1. The summed E-state index contributed by atoms with van der Waals surface area (Å²) in [5, 5.41) is 8.28. The van der Waals surface area contributed by atoms with Crippen molar-refractivity contribution in [3.8, 4) is 0 Å². The lowest BCUT2D eigenvalue weighted by atomic mass is 10.4. The quantitative estimate of drug-likeness (QED) is 0.349. The summed E-state index contributed by atoms with van der Waals surface area (Å²) >= 11 is 1.67. The molecule has 0 atom stereocenters. The summed E-state index contributed by atoms with van der Waals surface area (Å²) in [4.78, 5) is 11.3. The Balaban J connectivity index is 2.10. The zero-order chi connectivity index (χ0) is 10.9. The number of rotatable bonds is 6. The third-order valence-electron chi connectivity index (χ3n) is 1.52. The van der Waals surface area contributed by atoms with Crippen molar-refractivity contribution < 1.29 is 14.6 Å². The lowest BCUT2D eigenvalue weighted by Crippen LogP contribution is -1.93. The molecule has 0 saturated carbocycles. The molecule has 0 saturated heterocycles. The number of thioether (sulfide) groups is 1. The second-order valence-electron chi connectivity index (χ2n) is 2.67. The number of carboxylic acids is 1. The minimum atomic E-state index is -0.995. The van der Waals surface area contributed by atoms with E-state index < -0.39 is 5.97 Å². The van der Waals surface area contributed by atoms with Crippen LogP contribution in [0.3, 0.4) is 0 Å². The molecule has 1 N–H and O–H groups in total. The van der Waals surface area contributed by atoms with Gasteiger partial charge in [0.1, 0.15) is 0 Å². The number of ether oxygens (including phenoxy) is 1. The van der Waals surface area contributed by atoms with Gasteiger partial charge in [0.25, 0.3) is 0 Å². The molecule has 3 nitrogen and oxygen atoms in total. The first-order valence-corrected chi connectivity index (χ1v) is 5.46. The molecule has 1 rings (SSSR count). The van der Waals surface area contributed by atoms with Crippen LogP contribution >= 0.6 is 11.8 Å². The molecule has 15 heavy (non-hydrogen) atoms. The van der Waals surface area contributed by atoms with E-state index in [2.05, 4.69) is 0 Å². The topological polar surface area (TPSA) is 46.5 Å². The third kappa shape index (κ3) is 5.80. The molecule has 80 valence electrons. The van der Waals surface area contributed by atoms with Crippen molar-refractivity contribution in [2.24, 2.45) is 0 Å². The van der Waals surface area contributed by atoms with E-state index in [0.717, 1.165) is 11.8 Å². The first kappa shape index (κ1) is 11.7. The highest BCUT2D eigenvalue weighted by molar-refractivity contribution is 7.99. The number of benzene rings is 1. The summed E-state index contributed by atoms with van der Waals surface area (Å²) < 4.78 is 4.98. The second kappa shape index (κ2) is 6.95. The van der Waals surface area contributed by atoms with Gasteiger partial charge in [0.2, 0.25) is 0 Å². The fourth-order valence-electron chi connectivity index (χ4n) is 0.899. The van der Waals surface area contributed by atoms with Crippen molar-refractivity contribution >= 4 is 17.7 Å². The lowest BCUT2D eigenvalue weighted by Gasteiger charge is -2.00. The van der Waals surface area contributed by atoms with Crippen molar-refractivity contribution in [1.82, 2.24) is 0 Å². The molecule has 1 aromatic carbocycles. The molecule has 1 aromatic rings. The van der Waals surface area contributed by atoms with E-state index in [0.29, 0.717) is 6.61 Å². The Hall–Kier alpha value is -1.42. The van der Waals surface area contributed by atoms with Gasteiger partial charge in [0.15, 0.2) is 0 Å². The molecule has 0 heterocycles. The van der Waals surface area contributed by atoms with Crippen LogP contribution in [0.2, 0.25) is 0 Å². The van der Waals surface area contributed by atoms with Crippen LogP contribution in [0.15, 0.2) is 47.6 Å². The fourth-order valence-corrected chi connectivity index (χ4v) is 1.66. The molecule has 0 spiro atoms. The van der Waals surface area contributed by atoms with Gasteiger partial charge in [-0.2, -0.15) is 0 Å². The summed E-state index contributed by atoms with van der Waals surface area (Å²) in [5.74, 6) is -0.195. The Kier molecular flexibility index (Phi) is 5.40. The fraction of sp³-hybridized carbons (Fsp3) is 0.182. The van der Waals surface area contributed by atoms with Crippen molar-refractivity contribution in [3.63, 3.8) is 0 Å². The summed E-state index contributed by atoms with van der Waals surface area (Å²) in [6.07, 6.45) is 2.18. The molecule has 0 amide bonds. The molecule has 0 aliphatic carbocycles. The molecule has 4 heteroatoms. The van der Waals surface area contributed by atoms with E-state index in [-0.39, 0.29) is 0 Å². The molecule has 0 radical (unpaired) electrons. The molecule has 0 unspecified atom stereocenters. The third-order valence-corrected chi connectivity index (χ3v) is 2.50. The molecule has 0 aromatic heterocycles. The van der Waals surface area contributed by atoms with Crippen LogP contribution in [-0.2, 0) is 9.53 Å². The molecule has 0 bridgehead atoms. The van der Waals surface area contributed by atoms with Crippen LogP contribution in [0.1, 0.15) is 0 Å². The molecule has 0 aliphatic rings. The molecule has 0 aliphatic heterocycles. The Bertz CT molecular complexity index is 322. The van der Waals surface area contributed by atoms with Gasteiger partial charge in [0.05, 0.1) is 18.9 Å². The smallest absolute Gasteiger partial charge is 0.331 e. The first-order valence-electron chi connectivity index (χ1n) is 4.48. The summed E-state index contributed by atoms with van der Waals surface area (Å²) in [6.45, 7) is 0.503. The average Bonchev–Trinajstić information content (AvgIpc) is 2.24. The Morgan fingerprint density at radius 1 is 1.40 bits per heavy atom. The van der Waals surface area contributed by atoms with Gasteiger partial charge in [-0.15, -0.1) is 11.8 Å². The van der Waals surface area contributed by atoms with E-state index in [4.69, 9.17) is 9.84 Å². The largest absolute Gasteiger partial charge is 0.500 e.